The van der Waals surface area contributed by atoms with Crippen LogP contribution in [0, 0.1) is 0 Å². The molecular weight excluding hydrogens is 376 g/mol. The van der Waals surface area contributed by atoms with E-state index in [1.165, 1.54) is 19.1 Å². The Hall–Kier alpha value is -3.01. The van der Waals surface area contributed by atoms with Crippen LogP contribution in [-0.2, 0) is 19.2 Å². The number of hydrogen-bond acceptors (Lipinski definition) is 7. The van der Waals surface area contributed by atoms with Gasteiger partial charge < -0.3 is 10.0 Å². The zero-order chi connectivity index (χ0) is 20.0. The first-order valence-electron chi connectivity index (χ1n) is 7.86. The summed E-state index contributed by atoms with van der Waals surface area (Å²) < 4.78 is 0. The Morgan fingerprint density at radius 1 is 1.04 bits per heavy atom. The lowest BCUT2D eigenvalue weighted by Gasteiger charge is -2.50. The van der Waals surface area contributed by atoms with Crippen molar-refractivity contribution in [1.29, 1.82) is 0 Å². The summed E-state index contributed by atoms with van der Waals surface area (Å²) in [5.74, 6) is -4.61. The number of ketones is 1. The molecule has 3 atom stereocenters. The number of fused-ring (bicyclic) bond motifs is 1. The Bertz CT molecular complexity index is 863. The normalized spacial score (nSPS) is 22.4. The van der Waals surface area contributed by atoms with Crippen LogP contribution in [0.15, 0.2) is 24.3 Å². The highest BCUT2D eigenvalue weighted by atomic mass is 32.2. The summed E-state index contributed by atoms with van der Waals surface area (Å²) in [6.07, 6.45) is 0. The number of nitrogens with zero attached hydrogens (tertiary/aromatic N) is 2. The molecule has 0 bridgehead atoms. The van der Waals surface area contributed by atoms with E-state index in [0.29, 0.717) is 11.8 Å². The van der Waals surface area contributed by atoms with Crippen molar-refractivity contribution in [3.63, 3.8) is 0 Å². The molecule has 1 N–H and O–H groups in total. The fraction of sp³-hybridized carbons (Fsp3) is 0.294. The highest BCUT2D eigenvalue weighted by molar-refractivity contribution is 8.14. The lowest BCUT2D eigenvalue weighted by atomic mass is 9.99. The highest BCUT2D eigenvalue weighted by Gasteiger charge is 2.60. The Morgan fingerprint density at radius 3 is 1.96 bits per heavy atom. The Morgan fingerprint density at radius 2 is 1.56 bits per heavy atom. The number of benzene rings is 1. The molecule has 1 aromatic rings. The summed E-state index contributed by atoms with van der Waals surface area (Å²) >= 11 is 0.598. The van der Waals surface area contributed by atoms with Crippen molar-refractivity contribution in [1.82, 2.24) is 9.80 Å². The second kappa shape index (κ2) is 6.62. The van der Waals surface area contributed by atoms with Crippen LogP contribution < -0.4 is 0 Å². The standard InChI is InChI=1S/C17H14N2O7S/c1-7(20)11(17(25)26)19-15(24)12(16(19)27-8(2)21)18-13(22)9-5-3-4-6-10(9)14(18)23/h3-6,11-12,16H,1-2H3,(H,25,26). The summed E-state index contributed by atoms with van der Waals surface area (Å²) in [6, 6.07) is 2.88. The monoisotopic (exact) mass is 390 g/mol. The zero-order valence-corrected chi connectivity index (χ0v) is 15.1. The van der Waals surface area contributed by atoms with Crippen LogP contribution >= 0.6 is 11.8 Å². The predicted molar refractivity (Wildman–Crippen MR) is 91.7 cm³/mol. The Labute approximate surface area is 157 Å². The minimum atomic E-state index is -1.79. The molecule has 1 fully saturated rings. The molecule has 1 aromatic carbocycles. The van der Waals surface area contributed by atoms with Crippen LogP contribution in [0.1, 0.15) is 34.6 Å². The molecule has 3 amide bonds. The summed E-state index contributed by atoms with van der Waals surface area (Å²) in [5.41, 5.74) is 0.253. The zero-order valence-electron chi connectivity index (χ0n) is 14.2. The number of carbonyl (C=O) groups excluding carboxylic acids is 5. The largest absolute Gasteiger partial charge is 0.479 e. The van der Waals surface area contributed by atoms with Crippen molar-refractivity contribution >= 4 is 46.4 Å². The molecule has 0 spiro atoms. The number of carbonyl (C=O) groups is 6. The third kappa shape index (κ3) is 2.81. The quantitative estimate of drug-likeness (QED) is 0.427. The van der Waals surface area contributed by atoms with Crippen LogP contribution in [0.3, 0.4) is 0 Å². The molecular formula is C17H14N2O7S. The molecule has 0 aromatic heterocycles. The molecule has 3 unspecified atom stereocenters. The molecule has 2 heterocycles. The lowest BCUT2D eigenvalue weighted by Crippen LogP contribution is -2.74. The van der Waals surface area contributed by atoms with Crippen LogP contribution in [0.5, 0.6) is 0 Å². The maximum atomic E-state index is 12.7. The van der Waals surface area contributed by atoms with E-state index in [1.54, 1.807) is 12.1 Å². The van der Waals surface area contributed by atoms with E-state index < -0.39 is 52.0 Å². The number of rotatable bonds is 5. The second-order valence-corrected chi connectivity index (χ2v) is 7.36. The van der Waals surface area contributed by atoms with Crippen molar-refractivity contribution < 1.29 is 33.9 Å². The van der Waals surface area contributed by atoms with Gasteiger partial charge in [-0.3, -0.25) is 28.9 Å². The topological polar surface area (TPSA) is 129 Å². The summed E-state index contributed by atoms with van der Waals surface area (Å²) in [4.78, 5) is 74.1. The average Bonchev–Trinajstić information content (AvgIpc) is 2.83. The minimum Gasteiger partial charge on any atom is -0.479 e. The van der Waals surface area contributed by atoms with E-state index in [4.69, 9.17) is 0 Å². The molecule has 0 saturated carbocycles. The van der Waals surface area contributed by atoms with Gasteiger partial charge in [0.15, 0.2) is 16.9 Å². The second-order valence-electron chi connectivity index (χ2n) is 6.07. The van der Waals surface area contributed by atoms with Crippen LogP contribution in [-0.4, -0.2) is 67.0 Å². The first-order chi connectivity index (χ1) is 12.7. The number of hydrogen-bond donors (Lipinski definition) is 1. The van der Waals surface area contributed by atoms with Gasteiger partial charge in [0, 0.05) is 6.92 Å². The van der Waals surface area contributed by atoms with Gasteiger partial charge in [-0.2, -0.15) is 0 Å². The summed E-state index contributed by atoms with van der Waals surface area (Å²) in [5, 5.41) is 7.69. The average molecular weight is 390 g/mol. The fourth-order valence-electron chi connectivity index (χ4n) is 3.22. The predicted octanol–water partition coefficient (Wildman–Crippen LogP) is 0.141. The molecule has 10 heteroatoms. The third-order valence-corrected chi connectivity index (χ3v) is 5.40. The van der Waals surface area contributed by atoms with Crippen molar-refractivity contribution in [3.05, 3.63) is 35.4 Å². The number of amides is 3. The van der Waals surface area contributed by atoms with Gasteiger partial charge in [-0.05, 0) is 19.1 Å². The first-order valence-corrected chi connectivity index (χ1v) is 8.74. The van der Waals surface area contributed by atoms with Gasteiger partial charge >= 0.3 is 5.97 Å². The summed E-state index contributed by atoms with van der Waals surface area (Å²) in [7, 11) is 0. The summed E-state index contributed by atoms with van der Waals surface area (Å²) in [6.45, 7) is 2.21. The maximum absolute atomic E-state index is 12.7. The number of aliphatic carboxylic acids is 1. The smallest absolute Gasteiger partial charge is 0.334 e. The van der Waals surface area contributed by atoms with E-state index in [2.05, 4.69) is 0 Å². The number of Topliss-reactive ketones (excluding diaryl/α,β-unsaturated/α-hetero) is 1. The molecule has 0 radical (unpaired) electrons. The van der Waals surface area contributed by atoms with E-state index in [0.717, 1.165) is 16.7 Å². The molecule has 1 saturated heterocycles. The van der Waals surface area contributed by atoms with Crippen molar-refractivity contribution in [2.75, 3.05) is 0 Å². The molecule has 27 heavy (non-hydrogen) atoms. The van der Waals surface area contributed by atoms with Gasteiger partial charge in [-0.25, -0.2) is 4.79 Å². The molecule has 140 valence electrons. The third-order valence-electron chi connectivity index (χ3n) is 4.34. The molecule has 3 rings (SSSR count). The van der Waals surface area contributed by atoms with Crippen molar-refractivity contribution in [3.8, 4) is 0 Å². The van der Waals surface area contributed by atoms with Crippen molar-refractivity contribution in [2.24, 2.45) is 0 Å². The number of carboxylic acids is 1. The van der Waals surface area contributed by atoms with Gasteiger partial charge in [-0.1, -0.05) is 23.9 Å². The van der Waals surface area contributed by atoms with Gasteiger partial charge in [0.05, 0.1) is 11.1 Å². The van der Waals surface area contributed by atoms with Gasteiger partial charge in [0.2, 0.25) is 0 Å². The van der Waals surface area contributed by atoms with E-state index in [1.807, 2.05) is 0 Å². The number of imide groups is 1. The van der Waals surface area contributed by atoms with Crippen LogP contribution in [0.25, 0.3) is 0 Å². The van der Waals surface area contributed by atoms with E-state index >= 15 is 0 Å². The van der Waals surface area contributed by atoms with Gasteiger partial charge in [0.25, 0.3) is 17.7 Å². The lowest BCUT2D eigenvalue weighted by molar-refractivity contribution is -0.166. The molecule has 2 aliphatic rings. The van der Waals surface area contributed by atoms with E-state index in [-0.39, 0.29) is 11.1 Å². The number of thioether (sulfide) groups is 1. The van der Waals surface area contributed by atoms with Gasteiger partial charge in [0.1, 0.15) is 11.4 Å². The molecule has 0 aliphatic carbocycles. The fourth-order valence-corrected chi connectivity index (χ4v) is 4.27. The van der Waals surface area contributed by atoms with E-state index in [9.17, 15) is 33.9 Å². The first kappa shape index (κ1) is 18.8. The van der Waals surface area contributed by atoms with Crippen molar-refractivity contribution in [2.45, 2.75) is 31.3 Å². The number of β-lactam (4-membered cyclic amide) rings is 1. The van der Waals surface area contributed by atoms with Gasteiger partial charge in [-0.15, -0.1) is 0 Å². The van der Waals surface area contributed by atoms with Crippen LogP contribution in [0.4, 0.5) is 0 Å². The maximum Gasteiger partial charge on any atom is 0.334 e. The Balaban J connectivity index is 1.99. The molecule has 2 aliphatic heterocycles. The SMILES string of the molecule is CC(=O)SC1C(N2C(=O)c3ccccc3C2=O)C(=O)N1C(C(C)=O)C(=O)O. The highest BCUT2D eigenvalue weighted by Crippen LogP contribution is 2.39. The molecule has 9 nitrogen and oxygen atoms in total. The van der Waals surface area contributed by atoms with Crippen LogP contribution in [0.2, 0.25) is 0 Å². The minimum absolute atomic E-state index is 0.127. The number of carboxylic acid groups (broad SMARTS) is 1. The Kier molecular flexibility index (Phi) is 4.60. The number of likely N-dealkylation sites (tertiary alicyclic amines) is 1.